The van der Waals surface area contributed by atoms with Crippen LogP contribution in [0.1, 0.15) is 89.7 Å². The molecule has 0 saturated carbocycles. The predicted octanol–water partition coefficient (Wildman–Crippen LogP) is 6.85. The average molecular weight is 1010 g/mol. The summed E-state index contributed by atoms with van der Waals surface area (Å²) in [5.41, 5.74) is 1.58. The number of imide groups is 1. The van der Waals surface area contributed by atoms with Gasteiger partial charge in [0.2, 0.25) is 17.7 Å². The molecule has 3 aromatic carbocycles. The van der Waals surface area contributed by atoms with E-state index in [1.807, 2.05) is 55.7 Å². The lowest BCUT2D eigenvalue weighted by Gasteiger charge is -2.40. The average Bonchev–Trinajstić information content (AvgIpc) is 3.90. The zero-order chi connectivity index (χ0) is 52.5. The number of urea groups is 1. The van der Waals surface area contributed by atoms with Gasteiger partial charge in [-0.2, -0.15) is 0 Å². The molecule has 5 N–H and O–H groups in total. The Morgan fingerprint density at radius 2 is 1.56 bits per heavy atom. The fraction of sp³-hybridized carbons (Fsp3) is 0.423. The smallest absolute Gasteiger partial charge is 0.407 e. The van der Waals surface area contributed by atoms with E-state index in [-0.39, 0.29) is 67.6 Å². The maximum atomic E-state index is 15.2. The number of nitrogens with zero attached hydrogens (tertiary/aromatic N) is 4. The summed E-state index contributed by atoms with van der Waals surface area (Å²) in [5.74, 6) is -3.09. The van der Waals surface area contributed by atoms with Crippen molar-refractivity contribution in [3.8, 4) is 11.3 Å². The van der Waals surface area contributed by atoms with Crippen molar-refractivity contribution in [1.82, 2.24) is 40.6 Å². The lowest BCUT2D eigenvalue weighted by molar-refractivity contribution is -0.137. The van der Waals surface area contributed by atoms with Gasteiger partial charge in [-0.25, -0.2) is 23.4 Å². The number of carbonyl (C=O) groups excluding carboxylic acids is 7. The summed E-state index contributed by atoms with van der Waals surface area (Å²) in [7, 11) is 4.13. The molecule has 72 heavy (non-hydrogen) atoms. The molecule has 1 aliphatic rings. The highest BCUT2D eigenvalue weighted by atomic mass is 31.0. The number of aromatic nitrogens is 2. The molecule has 4 unspecified atom stereocenters. The van der Waals surface area contributed by atoms with Gasteiger partial charge in [-0.05, 0) is 78.2 Å². The van der Waals surface area contributed by atoms with Crippen molar-refractivity contribution in [1.29, 1.82) is 0 Å². The SMILES string of the molecule is CNC(=O)N(CCC(CP)NC(=O)OCc1ccc(NC(=O)CNC(=O)C(NC(=O)CCCCCN2C(=O)C=CC2=O)C(C)C)cc1)C(c1nc(-c2cc(F)ccc2F)cn1Cc1ccccc1)C(C)(C)C. The molecule has 0 fully saturated rings. The van der Waals surface area contributed by atoms with Crippen molar-refractivity contribution in [3.05, 3.63) is 120 Å². The second-order valence-corrected chi connectivity index (χ2v) is 19.4. The van der Waals surface area contributed by atoms with Gasteiger partial charge in [0, 0.05) is 68.7 Å². The van der Waals surface area contributed by atoms with Crippen molar-refractivity contribution in [2.75, 3.05) is 38.2 Å². The predicted molar refractivity (Wildman–Crippen MR) is 272 cm³/mol. The van der Waals surface area contributed by atoms with Crippen LogP contribution in [-0.4, -0.2) is 106 Å². The highest BCUT2D eigenvalue weighted by molar-refractivity contribution is 7.16. The molecular formula is C52H66F2N9O8P. The fourth-order valence-electron chi connectivity index (χ4n) is 8.10. The van der Waals surface area contributed by atoms with Crippen LogP contribution in [0.15, 0.2) is 91.1 Å². The molecule has 4 aromatic rings. The molecule has 4 atom stereocenters. The molecule has 8 amide bonds. The van der Waals surface area contributed by atoms with Crippen molar-refractivity contribution < 1.29 is 47.1 Å². The first-order valence-corrected chi connectivity index (χ1v) is 24.8. The summed E-state index contributed by atoms with van der Waals surface area (Å²) in [5, 5.41) is 13.6. The summed E-state index contributed by atoms with van der Waals surface area (Å²) < 4.78 is 37.0. The number of ether oxygens (including phenoxy) is 1. The number of amides is 8. The van der Waals surface area contributed by atoms with E-state index >= 15 is 4.39 Å². The van der Waals surface area contributed by atoms with Gasteiger partial charge in [-0.3, -0.25) is 28.9 Å². The molecule has 0 aliphatic carbocycles. The van der Waals surface area contributed by atoms with Crippen molar-refractivity contribution in [2.24, 2.45) is 11.3 Å². The van der Waals surface area contributed by atoms with E-state index in [1.165, 1.54) is 19.2 Å². The minimum absolute atomic E-state index is 0.00953. The molecular weight excluding hydrogens is 948 g/mol. The number of carbonyl (C=O) groups is 7. The van der Waals surface area contributed by atoms with Crippen LogP contribution in [0.5, 0.6) is 0 Å². The van der Waals surface area contributed by atoms with Crippen molar-refractivity contribution in [3.63, 3.8) is 0 Å². The third kappa shape index (κ3) is 16.3. The van der Waals surface area contributed by atoms with Gasteiger partial charge in [-0.1, -0.05) is 83.5 Å². The molecule has 1 aromatic heterocycles. The quantitative estimate of drug-likeness (QED) is 0.0282. The Hall–Kier alpha value is -7.01. The van der Waals surface area contributed by atoms with Gasteiger partial charge >= 0.3 is 12.1 Å². The van der Waals surface area contributed by atoms with E-state index in [2.05, 4.69) is 35.8 Å². The Morgan fingerprint density at radius 3 is 2.19 bits per heavy atom. The lowest BCUT2D eigenvalue weighted by Crippen LogP contribution is -2.51. The molecule has 0 bridgehead atoms. The van der Waals surface area contributed by atoms with E-state index in [0.29, 0.717) is 55.5 Å². The number of benzene rings is 3. The zero-order valence-corrected chi connectivity index (χ0v) is 42.8. The second-order valence-electron chi connectivity index (χ2n) is 18.9. The minimum atomic E-state index is -0.873. The Bertz CT molecular complexity index is 2550. The number of halogens is 2. The lowest BCUT2D eigenvalue weighted by atomic mass is 9.84. The third-order valence-electron chi connectivity index (χ3n) is 11.9. The highest BCUT2D eigenvalue weighted by Crippen LogP contribution is 2.39. The number of unbranched alkanes of at least 4 members (excludes halogenated alkanes) is 2. The molecule has 2 heterocycles. The number of nitrogens with one attached hydrogen (secondary N) is 5. The number of hydrogen-bond acceptors (Lipinski definition) is 9. The third-order valence-corrected chi connectivity index (χ3v) is 12.4. The Labute approximate surface area is 421 Å². The van der Waals surface area contributed by atoms with Crippen molar-refractivity contribution >= 4 is 56.6 Å². The zero-order valence-electron chi connectivity index (χ0n) is 41.6. The molecule has 20 heteroatoms. The molecule has 0 spiro atoms. The van der Waals surface area contributed by atoms with Crippen LogP contribution in [0.25, 0.3) is 11.3 Å². The standard InChI is InChI=1S/C52H66F2N9O8P/c1-33(2)46(60-42(64)15-11-8-12-25-62-44(66)22-23-45(62)67)49(68)56-28-43(65)57-37-19-16-35(17-20-37)31-71-51(70)58-38(32-72)24-26-63(50(69)55-6)47(52(3,4)5)48-59-41(39-27-36(53)18-21-40(39)54)30-61(48)29-34-13-9-7-10-14-34/h7,9-10,13-14,16-23,27,30,33,38,46-47H,8,11-12,15,24-26,28-29,31-32,72H2,1-6H3,(H,55,69)(H,56,68)(H,57,65)(H,58,70)(H,60,64). The monoisotopic (exact) mass is 1010 g/mol. The number of anilines is 1. The minimum Gasteiger partial charge on any atom is -0.445 e. The van der Waals surface area contributed by atoms with Crippen molar-refractivity contribution in [2.45, 2.75) is 98.0 Å². The van der Waals surface area contributed by atoms with Crippen LogP contribution in [0, 0.1) is 23.0 Å². The maximum Gasteiger partial charge on any atom is 0.407 e. The number of imidazole rings is 1. The summed E-state index contributed by atoms with van der Waals surface area (Å²) in [4.78, 5) is 96.4. The van der Waals surface area contributed by atoms with Gasteiger partial charge in [0.25, 0.3) is 11.8 Å². The van der Waals surface area contributed by atoms with Crippen LogP contribution in [0.4, 0.5) is 24.1 Å². The Morgan fingerprint density at radius 1 is 0.861 bits per heavy atom. The van der Waals surface area contributed by atoms with Gasteiger partial charge < -0.3 is 40.8 Å². The number of rotatable bonds is 24. The van der Waals surface area contributed by atoms with Crippen LogP contribution in [0.2, 0.25) is 0 Å². The van der Waals surface area contributed by atoms with E-state index in [9.17, 15) is 38.0 Å². The molecule has 1 aliphatic heterocycles. The van der Waals surface area contributed by atoms with Crippen LogP contribution in [-0.2, 0) is 41.9 Å². The van der Waals surface area contributed by atoms with E-state index in [0.717, 1.165) is 28.7 Å². The fourth-order valence-corrected chi connectivity index (χ4v) is 8.45. The maximum absolute atomic E-state index is 15.2. The first-order valence-electron chi connectivity index (χ1n) is 23.9. The summed E-state index contributed by atoms with van der Waals surface area (Å²) >= 11 is 0. The first-order chi connectivity index (χ1) is 34.3. The molecule has 386 valence electrons. The second kappa shape index (κ2) is 26.4. The van der Waals surface area contributed by atoms with Gasteiger partial charge in [-0.15, -0.1) is 9.24 Å². The Kier molecular flexibility index (Phi) is 20.5. The number of hydrogen-bond donors (Lipinski definition) is 5. The summed E-state index contributed by atoms with van der Waals surface area (Å²) in [6, 6.07) is 17.0. The highest BCUT2D eigenvalue weighted by Gasteiger charge is 2.39. The van der Waals surface area contributed by atoms with Crippen LogP contribution >= 0.6 is 9.24 Å². The number of alkyl carbamates (subject to hydrolysis) is 1. The van der Waals surface area contributed by atoms with Crippen LogP contribution < -0.4 is 26.6 Å². The van der Waals surface area contributed by atoms with E-state index < -0.39 is 59.1 Å². The first kappa shape index (κ1) is 55.9. The largest absolute Gasteiger partial charge is 0.445 e. The molecule has 5 rings (SSSR count). The molecule has 0 saturated heterocycles. The summed E-state index contributed by atoms with van der Waals surface area (Å²) in [6.07, 6.45) is 6.00. The van der Waals surface area contributed by atoms with E-state index in [1.54, 1.807) is 49.2 Å². The van der Waals surface area contributed by atoms with Gasteiger partial charge in [0.05, 0.1) is 18.3 Å². The van der Waals surface area contributed by atoms with E-state index in [4.69, 9.17) is 9.72 Å². The normalized spacial score (nSPS) is 13.6. The molecule has 0 radical (unpaired) electrons. The summed E-state index contributed by atoms with van der Waals surface area (Å²) in [6.45, 7) is 9.80. The van der Waals surface area contributed by atoms with Gasteiger partial charge in [0.1, 0.15) is 30.1 Å². The van der Waals surface area contributed by atoms with Gasteiger partial charge in [0.15, 0.2) is 0 Å². The van der Waals surface area contributed by atoms with Crippen LogP contribution in [0.3, 0.4) is 0 Å². The Balaban J connectivity index is 1.11. The topological polar surface area (TPSA) is 213 Å². The molecule has 17 nitrogen and oxygen atoms in total.